The van der Waals surface area contributed by atoms with Crippen LogP contribution in [-0.2, 0) is 4.74 Å². The van der Waals surface area contributed by atoms with Gasteiger partial charge in [0.15, 0.2) is 0 Å². The van der Waals surface area contributed by atoms with Crippen molar-refractivity contribution in [2.75, 3.05) is 12.3 Å². The van der Waals surface area contributed by atoms with Crippen LogP contribution in [0.2, 0.25) is 0 Å². The van der Waals surface area contributed by atoms with E-state index in [-0.39, 0.29) is 0 Å². The molecule has 3 heterocycles. The molecule has 0 saturated carbocycles. The van der Waals surface area contributed by atoms with Crippen LogP contribution in [0.25, 0.3) is 0 Å². The maximum Gasteiger partial charge on any atom is 0.0733 e. The highest BCUT2D eigenvalue weighted by molar-refractivity contribution is 7.99. The first-order valence-electron chi connectivity index (χ1n) is 7.01. The summed E-state index contributed by atoms with van der Waals surface area (Å²) in [5, 5.41) is 3.76. The van der Waals surface area contributed by atoms with Crippen molar-refractivity contribution in [2.24, 2.45) is 0 Å². The van der Waals surface area contributed by atoms with E-state index in [1.165, 1.54) is 29.9 Å². The third-order valence-corrected chi connectivity index (χ3v) is 5.78. The molecular weight excluding hydrogens is 242 g/mol. The first-order chi connectivity index (χ1) is 8.90. The summed E-state index contributed by atoms with van der Waals surface area (Å²) >= 11 is 2.00. The second-order valence-electron chi connectivity index (χ2n) is 5.67. The van der Waals surface area contributed by atoms with Gasteiger partial charge in [-0.15, -0.1) is 11.8 Å². The Bertz CT molecular complexity index is 450. The van der Waals surface area contributed by atoms with Crippen molar-refractivity contribution in [1.29, 1.82) is 0 Å². The van der Waals surface area contributed by atoms with E-state index in [4.69, 9.17) is 4.74 Å². The van der Waals surface area contributed by atoms with E-state index in [1.54, 1.807) is 5.56 Å². The monoisotopic (exact) mass is 261 g/mol. The molecule has 0 aromatic heterocycles. The smallest absolute Gasteiger partial charge is 0.0733 e. The molecule has 0 amide bonds. The van der Waals surface area contributed by atoms with Crippen molar-refractivity contribution in [3.05, 3.63) is 29.8 Å². The summed E-state index contributed by atoms with van der Waals surface area (Å²) in [6.07, 6.45) is 4.83. The minimum Gasteiger partial charge on any atom is -0.373 e. The van der Waals surface area contributed by atoms with Gasteiger partial charge in [0.25, 0.3) is 0 Å². The van der Waals surface area contributed by atoms with Crippen LogP contribution in [0.4, 0.5) is 0 Å². The second kappa shape index (κ2) is 4.55. The topological polar surface area (TPSA) is 21.3 Å². The van der Waals surface area contributed by atoms with Crippen LogP contribution in [0.1, 0.15) is 30.7 Å². The van der Waals surface area contributed by atoms with Crippen molar-refractivity contribution in [2.45, 2.75) is 48.3 Å². The van der Waals surface area contributed by atoms with Gasteiger partial charge in [0.1, 0.15) is 0 Å². The number of nitrogens with one attached hydrogen (secondary N) is 1. The van der Waals surface area contributed by atoms with Crippen molar-refractivity contribution in [3.8, 4) is 0 Å². The molecule has 3 heteroatoms. The largest absolute Gasteiger partial charge is 0.373 e. The molecule has 2 nitrogen and oxygen atoms in total. The predicted molar refractivity (Wildman–Crippen MR) is 74.2 cm³/mol. The predicted octanol–water partition coefficient (Wildman–Crippen LogP) is 2.79. The van der Waals surface area contributed by atoms with Gasteiger partial charge in [-0.25, -0.2) is 0 Å². The maximum absolute atomic E-state index is 5.90. The summed E-state index contributed by atoms with van der Waals surface area (Å²) in [6, 6.07) is 9.46. The van der Waals surface area contributed by atoms with E-state index in [1.807, 2.05) is 11.8 Å². The Labute approximate surface area is 112 Å². The molecule has 2 saturated heterocycles. The SMILES string of the molecule is c1ccc2c(c1)SCC2CNC1CC2CCC1O2. The fourth-order valence-electron chi connectivity index (χ4n) is 3.54. The lowest BCUT2D eigenvalue weighted by Gasteiger charge is -2.22. The zero-order valence-corrected chi connectivity index (χ0v) is 11.3. The number of fused-ring (bicyclic) bond motifs is 3. The summed E-state index contributed by atoms with van der Waals surface area (Å²) in [7, 11) is 0. The molecule has 0 spiro atoms. The van der Waals surface area contributed by atoms with Gasteiger partial charge in [-0.05, 0) is 30.9 Å². The molecule has 1 N–H and O–H groups in total. The molecule has 4 rings (SSSR count). The number of benzene rings is 1. The number of ether oxygens (including phenoxy) is 1. The van der Waals surface area contributed by atoms with E-state index < -0.39 is 0 Å². The zero-order chi connectivity index (χ0) is 11.9. The van der Waals surface area contributed by atoms with Gasteiger partial charge in [0.05, 0.1) is 12.2 Å². The first-order valence-corrected chi connectivity index (χ1v) is 7.99. The van der Waals surface area contributed by atoms with Gasteiger partial charge >= 0.3 is 0 Å². The Morgan fingerprint density at radius 3 is 3.06 bits per heavy atom. The summed E-state index contributed by atoms with van der Waals surface area (Å²) in [4.78, 5) is 1.48. The summed E-state index contributed by atoms with van der Waals surface area (Å²) in [5.74, 6) is 1.92. The Hall–Kier alpha value is -0.510. The first kappa shape index (κ1) is 11.3. The zero-order valence-electron chi connectivity index (χ0n) is 10.5. The van der Waals surface area contributed by atoms with Crippen LogP contribution < -0.4 is 5.32 Å². The summed E-state index contributed by atoms with van der Waals surface area (Å²) in [5.41, 5.74) is 1.54. The van der Waals surface area contributed by atoms with Gasteiger partial charge in [0.2, 0.25) is 0 Å². The van der Waals surface area contributed by atoms with Gasteiger partial charge in [-0.2, -0.15) is 0 Å². The average Bonchev–Trinajstić information content (AvgIpc) is 3.11. The summed E-state index contributed by atoms with van der Waals surface area (Å²) in [6.45, 7) is 1.11. The maximum atomic E-state index is 5.90. The highest BCUT2D eigenvalue weighted by Gasteiger charge is 2.40. The standard InChI is InChI=1S/C15H19NOS/c1-2-4-15-12(3-1)10(9-18-15)8-16-13-7-11-5-6-14(13)17-11/h1-4,10-11,13-14,16H,5-9H2. The molecule has 4 unspecified atom stereocenters. The molecule has 96 valence electrons. The molecular formula is C15H19NOS. The molecule has 0 radical (unpaired) electrons. The second-order valence-corrected chi connectivity index (χ2v) is 6.73. The van der Waals surface area contributed by atoms with Crippen molar-refractivity contribution in [1.82, 2.24) is 5.32 Å². The highest BCUT2D eigenvalue weighted by atomic mass is 32.2. The third-order valence-electron chi connectivity index (χ3n) is 4.53. The van der Waals surface area contributed by atoms with Crippen molar-refractivity contribution in [3.63, 3.8) is 0 Å². The molecule has 4 atom stereocenters. The molecule has 3 aliphatic heterocycles. The van der Waals surface area contributed by atoms with E-state index in [9.17, 15) is 0 Å². The van der Waals surface area contributed by atoms with Gasteiger partial charge in [-0.1, -0.05) is 18.2 Å². The number of hydrogen-bond acceptors (Lipinski definition) is 3. The Morgan fingerprint density at radius 2 is 2.22 bits per heavy atom. The van der Waals surface area contributed by atoms with Crippen LogP contribution in [0.5, 0.6) is 0 Å². The van der Waals surface area contributed by atoms with E-state index >= 15 is 0 Å². The lowest BCUT2D eigenvalue weighted by Crippen LogP contribution is -2.39. The summed E-state index contributed by atoms with van der Waals surface area (Å²) < 4.78 is 5.90. The number of rotatable bonds is 3. The molecule has 1 aromatic carbocycles. The van der Waals surface area contributed by atoms with Gasteiger partial charge in [0, 0.05) is 29.2 Å². The Kier molecular flexibility index (Phi) is 2.86. The molecule has 2 fully saturated rings. The fraction of sp³-hybridized carbons (Fsp3) is 0.600. The van der Waals surface area contributed by atoms with E-state index in [0.29, 0.717) is 24.2 Å². The third kappa shape index (κ3) is 1.89. The van der Waals surface area contributed by atoms with Crippen LogP contribution in [0.15, 0.2) is 29.2 Å². The van der Waals surface area contributed by atoms with Crippen LogP contribution in [-0.4, -0.2) is 30.5 Å². The molecule has 0 aliphatic carbocycles. The molecule has 3 aliphatic rings. The Balaban J connectivity index is 1.39. The average molecular weight is 261 g/mol. The fourth-order valence-corrected chi connectivity index (χ4v) is 4.80. The van der Waals surface area contributed by atoms with E-state index in [2.05, 4.69) is 29.6 Å². The van der Waals surface area contributed by atoms with Crippen LogP contribution in [0.3, 0.4) is 0 Å². The van der Waals surface area contributed by atoms with Gasteiger partial charge in [-0.3, -0.25) is 0 Å². The molecule has 2 bridgehead atoms. The normalized spacial score (nSPS) is 37.1. The highest BCUT2D eigenvalue weighted by Crippen LogP contribution is 2.39. The van der Waals surface area contributed by atoms with Crippen molar-refractivity contribution >= 4 is 11.8 Å². The minimum absolute atomic E-state index is 0.499. The minimum atomic E-state index is 0.499. The molecule has 1 aromatic rings. The number of hydrogen-bond donors (Lipinski definition) is 1. The number of thioether (sulfide) groups is 1. The molecule has 18 heavy (non-hydrogen) atoms. The quantitative estimate of drug-likeness (QED) is 0.904. The van der Waals surface area contributed by atoms with Crippen molar-refractivity contribution < 1.29 is 4.74 Å². The lowest BCUT2D eigenvalue weighted by atomic mass is 9.94. The van der Waals surface area contributed by atoms with Crippen LogP contribution in [0, 0.1) is 0 Å². The van der Waals surface area contributed by atoms with E-state index in [0.717, 1.165) is 6.54 Å². The van der Waals surface area contributed by atoms with Crippen LogP contribution >= 0.6 is 11.8 Å². The Morgan fingerprint density at radius 1 is 1.28 bits per heavy atom. The lowest BCUT2D eigenvalue weighted by molar-refractivity contribution is 0.0973. The van der Waals surface area contributed by atoms with Gasteiger partial charge < -0.3 is 10.1 Å².